The molecule has 1 aliphatic rings. The summed E-state index contributed by atoms with van der Waals surface area (Å²) in [4.78, 5) is 13.8. The van der Waals surface area contributed by atoms with Gasteiger partial charge in [-0.2, -0.15) is 0 Å². The van der Waals surface area contributed by atoms with Gasteiger partial charge in [0, 0.05) is 30.3 Å². The summed E-state index contributed by atoms with van der Waals surface area (Å²) in [6, 6.07) is 6.10. The average Bonchev–Trinajstić information content (AvgIpc) is 2.38. The third-order valence-electron chi connectivity index (χ3n) is 3.74. The summed E-state index contributed by atoms with van der Waals surface area (Å²) in [7, 11) is 0. The Hall–Kier alpha value is -1.62. The number of rotatable bonds is 3. The lowest BCUT2D eigenvalue weighted by atomic mass is 9.95. The van der Waals surface area contributed by atoms with Gasteiger partial charge in [0.2, 0.25) is 5.91 Å². The molecule has 1 fully saturated rings. The predicted octanol–water partition coefficient (Wildman–Crippen LogP) is 1.33. The molecule has 0 unspecified atom stereocenters. The number of hydrogen-bond acceptors (Lipinski definition) is 3. The second-order valence-corrected chi connectivity index (χ2v) is 5.47. The van der Waals surface area contributed by atoms with Crippen molar-refractivity contribution < 1.29 is 4.79 Å². The van der Waals surface area contributed by atoms with Crippen molar-refractivity contribution in [1.29, 1.82) is 0 Å². The van der Waals surface area contributed by atoms with Crippen molar-refractivity contribution in [1.82, 2.24) is 0 Å². The van der Waals surface area contributed by atoms with Crippen molar-refractivity contribution in [3.63, 3.8) is 0 Å². The smallest absolute Gasteiger partial charge is 0.220 e. The van der Waals surface area contributed by atoms with Gasteiger partial charge >= 0.3 is 0 Å². The molecule has 0 radical (unpaired) electrons. The first-order chi connectivity index (χ1) is 8.99. The van der Waals surface area contributed by atoms with E-state index in [2.05, 4.69) is 11.0 Å². The van der Waals surface area contributed by atoms with Crippen molar-refractivity contribution in [2.24, 2.45) is 17.4 Å². The van der Waals surface area contributed by atoms with Gasteiger partial charge in [-0.05, 0) is 43.5 Å². The molecule has 102 valence electrons. The number of nitrogens with zero attached hydrogens (tertiary/aromatic N) is 1. The zero-order chi connectivity index (χ0) is 14.0. The van der Waals surface area contributed by atoms with E-state index < -0.39 is 0 Å². The molecule has 0 bridgehead atoms. The first-order valence-electron chi connectivity index (χ1n) is 6.43. The zero-order valence-corrected chi connectivity index (χ0v) is 11.9. The largest absolute Gasteiger partial charge is 0.389 e. The van der Waals surface area contributed by atoms with Crippen LogP contribution in [-0.2, 0) is 4.79 Å². The summed E-state index contributed by atoms with van der Waals surface area (Å²) < 4.78 is 0. The van der Waals surface area contributed by atoms with Crippen LogP contribution in [0.25, 0.3) is 0 Å². The SMILES string of the molecule is Cc1cc(N2CCC(C(N)=O)CC2)ccc1C(N)=S. The molecule has 0 aromatic heterocycles. The summed E-state index contributed by atoms with van der Waals surface area (Å²) in [6.07, 6.45) is 1.65. The van der Waals surface area contributed by atoms with Crippen LogP contribution in [0.15, 0.2) is 18.2 Å². The number of carbonyl (C=O) groups excluding carboxylic acids is 1. The van der Waals surface area contributed by atoms with Crippen molar-refractivity contribution in [2.75, 3.05) is 18.0 Å². The lowest BCUT2D eigenvalue weighted by molar-refractivity contribution is -0.122. The Balaban J connectivity index is 2.10. The molecule has 1 amide bonds. The summed E-state index contributed by atoms with van der Waals surface area (Å²) in [5.74, 6) is -0.159. The minimum atomic E-state index is -0.181. The molecular weight excluding hydrogens is 258 g/mol. The van der Waals surface area contributed by atoms with Crippen molar-refractivity contribution >= 4 is 28.8 Å². The Labute approximate surface area is 118 Å². The quantitative estimate of drug-likeness (QED) is 0.818. The molecule has 4 N–H and O–H groups in total. The Morgan fingerprint density at radius 3 is 2.42 bits per heavy atom. The van der Waals surface area contributed by atoms with E-state index in [1.54, 1.807) is 0 Å². The molecule has 1 saturated heterocycles. The van der Waals surface area contributed by atoms with E-state index in [0.29, 0.717) is 4.99 Å². The van der Waals surface area contributed by atoms with Crippen LogP contribution in [0, 0.1) is 12.8 Å². The van der Waals surface area contributed by atoms with Crippen LogP contribution in [-0.4, -0.2) is 24.0 Å². The minimum Gasteiger partial charge on any atom is -0.389 e. The standard InChI is InChI=1S/C14H19N3OS/c1-9-8-11(2-3-12(9)14(16)19)17-6-4-10(5-7-17)13(15)18/h2-3,8,10H,4-7H2,1H3,(H2,15,18)(H2,16,19). The molecule has 1 aromatic carbocycles. The van der Waals surface area contributed by atoms with Crippen LogP contribution in [0.2, 0.25) is 0 Å². The highest BCUT2D eigenvalue weighted by Gasteiger charge is 2.23. The molecule has 0 saturated carbocycles. The fourth-order valence-corrected chi connectivity index (χ4v) is 2.77. The highest BCUT2D eigenvalue weighted by Crippen LogP contribution is 2.25. The van der Waals surface area contributed by atoms with Gasteiger partial charge in [-0.1, -0.05) is 12.2 Å². The number of hydrogen-bond donors (Lipinski definition) is 2. The van der Waals surface area contributed by atoms with Gasteiger partial charge in [0.25, 0.3) is 0 Å². The van der Waals surface area contributed by atoms with Gasteiger partial charge in [0.1, 0.15) is 4.99 Å². The Bertz CT molecular complexity index is 507. The highest BCUT2D eigenvalue weighted by molar-refractivity contribution is 7.80. The lowest BCUT2D eigenvalue weighted by Crippen LogP contribution is -2.38. The lowest BCUT2D eigenvalue weighted by Gasteiger charge is -2.32. The fourth-order valence-electron chi connectivity index (χ4n) is 2.54. The van der Waals surface area contributed by atoms with Crippen LogP contribution < -0.4 is 16.4 Å². The van der Waals surface area contributed by atoms with E-state index >= 15 is 0 Å². The Kier molecular flexibility index (Phi) is 4.04. The summed E-state index contributed by atoms with van der Waals surface area (Å²) in [5, 5.41) is 0. The maximum absolute atomic E-state index is 11.1. The monoisotopic (exact) mass is 277 g/mol. The van der Waals surface area contributed by atoms with Gasteiger partial charge in [0.05, 0.1) is 0 Å². The van der Waals surface area contributed by atoms with E-state index in [9.17, 15) is 4.79 Å². The second kappa shape index (κ2) is 5.57. The number of aryl methyl sites for hydroxylation is 1. The number of nitrogens with two attached hydrogens (primary N) is 2. The first kappa shape index (κ1) is 13.8. The number of primary amides is 1. The van der Waals surface area contributed by atoms with Crippen molar-refractivity contribution in [2.45, 2.75) is 19.8 Å². The van der Waals surface area contributed by atoms with Crippen molar-refractivity contribution in [3.8, 4) is 0 Å². The first-order valence-corrected chi connectivity index (χ1v) is 6.84. The predicted molar refractivity (Wildman–Crippen MR) is 81.2 cm³/mol. The van der Waals surface area contributed by atoms with Gasteiger partial charge < -0.3 is 16.4 Å². The molecular formula is C14H19N3OS. The minimum absolute atomic E-state index is 0.0215. The molecule has 0 spiro atoms. The molecule has 0 atom stereocenters. The van der Waals surface area contributed by atoms with Crippen LogP contribution in [0.5, 0.6) is 0 Å². The molecule has 1 aliphatic heterocycles. The maximum atomic E-state index is 11.1. The van der Waals surface area contributed by atoms with Crippen LogP contribution in [0.1, 0.15) is 24.0 Å². The zero-order valence-electron chi connectivity index (χ0n) is 11.1. The molecule has 19 heavy (non-hydrogen) atoms. The molecule has 0 aliphatic carbocycles. The highest BCUT2D eigenvalue weighted by atomic mass is 32.1. The average molecular weight is 277 g/mol. The summed E-state index contributed by atoms with van der Waals surface area (Å²) in [5.41, 5.74) is 14.2. The molecule has 4 nitrogen and oxygen atoms in total. The number of amides is 1. The van der Waals surface area contributed by atoms with Crippen molar-refractivity contribution in [3.05, 3.63) is 29.3 Å². The maximum Gasteiger partial charge on any atom is 0.220 e. The van der Waals surface area contributed by atoms with E-state index in [4.69, 9.17) is 23.7 Å². The van der Waals surface area contributed by atoms with E-state index in [-0.39, 0.29) is 11.8 Å². The van der Waals surface area contributed by atoms with Gasteiger partial charge in [-0.15, -0.1) is 0 Å². The summed E-state index contributed by atoms with van der Waals surface area (Å²) in [6.45, 7) is 3.73. The molecule has 1 aromatic rings. The van der Waals surface area contributed by atoms with Gasteiger partial charge in [0.15, 0.2) is 0 Å². The Morgan fingerprint density at radius 1 is 1.32 bits per heavy atom. The van der Waals surface area contributed by atoms with Gasteiger partial charge in [-0.25, -0.2) is 0 Å². The van der Waals surface area contributed by atoms with Crippen LogP contribution in [0.4, 0.5) is 5.69 Å². The Morgan fingerprint density at radius 2 is 1.95 bits per heavy atom. The van der Waals surface area contributed by atoms with E-state index in [0.717, 1.165) is 42.7 Å². The normalized spacial score (nSPS) is 16.4. The van der Waals surface area contributed by atoms with Crippen LogP contribution >= 0.6 is 12.2 Å². The number of anilines is 1. The van der Waals surface area contributed by atoms with E-state index in [1.165, 1.54) is 0 Å². The number of benzene rings is 1. The van der Waals surface area contributed by atoms with Gasteiger partial charge in [-0.3, -0.25) is 4.79 Å². The van der Waals surface area contributed by atoms with E-state index in [1.807, 2.05) is 19.1 Å². The number of carbonyl (C=O) groups is 1. The molecule has 5 heteroatoms. The third-order valence-corrected chi connectivity index (χ3v) is 3.96. The number of piperidine rings is 1. The number of thiocarbonyl (C=S) groups is 1. The molecule has 2 rings (SSSR count). The third kappa shape index (κ3) is 3.04. The fraction of sp³-hybridized carbons (Fsp3) is 0.429. The van der Waals surface area contributed by atoms with Crippen LogP contribution in [0.3, 0.4) is 0 Å². The second-order valence-electron chi connectivity index (χ2n) is 5.03. The summed E-state index contributed by atoms with van der Waals surface area (Å²) >= 11 is 5.01. The molecule has 1 heterocycles. The topological polar surface area (TPSA) is 72.3 Å².